The third-order valence-electron chi connectivity index (χ3n) is 5.99. The summed E-state index contributed by atoms with van der Waals surface area (Å²) in [6.07, 6.45) is 7.38. The van der Waals surface area contributed by atoms with Gasteiger partial charge in [0.15, 0.2) is 0 Å². The summed E-state index contributed by atoms with van der Waals surface area (Å²) in [6.45, 7) is 1.59. The normalized spacial score (nSPS) is 21.2. The Hall–Kier alpha value is -2.00. The molecule has 2 heterocycles. The second kappa shape index (κ2) is 10.7. The Labute approximate surface area is 199 Å². The van der Waals surface area contributed by atoms with Gasteiger partial charge in [-0.3, -0.25) is 0 Å². The first-order valence-electron chi connectivity index (χ1n) is 11.0. The number of alkyl halides is 2. The van der Waals surface area contributed by atoms with E-state index in [0.717, 1.165) is 23.1 Å². The zero-order chi connectivity index (χ0) is 22.5. The van der Waals surface area contributed by atoms with Gasteiger partial charge in [-0.2, -0.15) is 0 Å². The van der Waals surface area contributed by atoms with E-state index in [1.807, 2.05) is 12.2 Å². The minimum Gasteiger partial charge on any atom is -0.394 e. The van der Waals surface area contributed by atoms with E-state index < -0.39 is 6.10 Å². The van der Waals surface area contributed by atoms with E-state index in [4.69, 9.17) is 0 Å². The number of benzene rings is 2. The molecule has 1 aromatic heterocycles. The minimum absolute atomic E-state index is 0.0747. The van der Waals surface area contributed by atoms with Gasteiger partial charge in [-0.1, -0.05) is 0 Å². The second-order valence-corrected chi connectivity index (χ2v) is 11.3. The number of aromatic nitrogens is 2. The van der Waals surface area contributed by atoms with Gasteiger partial charge in [-0.15, -0.1) is 0 Å². The maximum Gasteiger partial charge on any atom is 0.0675 e. The maximum atomic E-state index is 10.3. The molecule has 3 aromatic rings. The number of imidazole rings is 1. The average Bonchev–Trinajstić information content (AvgIpc) is 3.31. The predicted octanol–water partition coefficient (Wildman–Crippen LogP) is 0.787. The van der Waals surface area contributed by atoms with E-state index in [-0.39, 0.29) is 40.0 Å². The van der Waals surface area contributed by atoms with E-state index in [1.165, 1.54) is 14.4 Å². The second-order valence-electron chi connectivity index (χ2n) is 8.22. The van der Waals surface area contributed by atoms with E-state index in [2.05, 4.69) is 53.5 Å². The summed E-state index contributed by atoms with van der Waals surface area (Å²) >= 11 is 0.238. The Morgan fingerprint density at radius 2 is 1.81 bits per heavy atom. The summed E-state index contributed by atoms with van der Waals surface area (Å²) in [5, 5.41) is 30.0. The smallest absolute Gasteiger partial charge is 0.0675 e. The van der Waals surface area contributed by atoms with Crippen molar-refractivity contribution >= 4 is 6.08 Å². The van der Waals surface area contributed by atoms with Gasteiger partial charge in [-0.25, -0.2) is 4.98 Å². The molecule has 170 valence electrons. The van der Waals surface area contributed by atoms with Crippen LogP contribution in [0.1, 0.15) is 48.4 Å². The van der Waals surface area contributed by atoms with Crippen molar-refractivity contribution in [2.24, 2.45) is 0 Å². The Balaban J connectivity index is 1.45. The Bertz CT molecular complexity index is 1030. The van der Waals surface area contributed by atoms with Crippen molar-refractivity contribution in [3.05, 3.63) is 84.0 Å². The Morgan fingerprint density at radius 3 is 2.44 bits per heavy atom. The molecule has 0 aliphatic carbocycles. The summed E-state index contributed by atoms with van der Waals surface area (Å²) in [5.74, 6) is 0.845. The van der Waals surface area contributed by atoms with Gasteiger partial charge in [0.05, 0.1) is 12.6 Å². The van der Waals surface area contributed by atoms with Crippen LogP contribution in [0.2, 0.25) is 0 Å². The molecule has 6 heteroatoms. The number of rotatable bonds is 7. The molecule has 2 aromatic carbocycles. The average molecular weight is 545 g/mol. The van der Waals surface area contributed by atoms with Crippen molar-refractivity contribution in [3.8, 4) is 11.1 Å². The van der Waals surface area contributed by atoms with Crippen LogP contribution < -0.4 is 21.2 Å². The molecule has 5 nitrogen and oxygen atoms in total. The number of aliphatic hydroxyl groups excluding tert-OH is 3. The van der Waals surface area contributed by atoms with Gasteiger partial charge >= 0.3 is 137 Å². The third-order valence-corrected chi connectivity index (χ3v) is 8.95. The molecule has 0 amide bonds. The van der Waals surface area contributed by atoms with E-state index in [9.17, 15) is 15.3 Å². The summed E-state index contributed by atoms with van der Waals surface area (Å²) in [6, 6.07) is 16.7. The van der Waals surface area contributed by atoms with Crippen molar-refractivity contribution in [1.82, 2.24) is 9.55 Å². The van der Waals surface area contributed by atoms with Crippen LogP contribution in [-0.2, 0) is 0 Å². The van der Waals surface area contributed by atoms with Crippen LogP contribution in [0.25, 0.3) is 17.2 Å². The zero-order valence-corrected chi connectivity index (χ0v) is 20.3. The van der Waals surface area contributed by atoms with Crippen LogP contribution in [0.15, 0.2) is 67.0 Å². The first-order chi connectivity index (χ1) is 15.6. The van der Waals surface area contributed by atoms with Crippen LogP contribution in [-0.4, -0.2) is 46.4 Å². The van der Waals surface area contributed by atoms with E-state index in [0.29, 0.717) is 11.7 Å². The molecule has 3 N–H and O–H groups in total. The van der Waals surface area contributed by atoms with Crippen molar-refractivity contribution < 1.29 is 36.5 Å². The monoisotopic (exact) mass is 545 g/mol. The fourth-order valence-corrected chi connectivity index (χ4v) is 7.39. The molecule has 4 rings (SSSR count). The molecule has 1 unspecified atom stereocenters. The standard InChI is InChI=1S/C26H30IN2O3/c1-18(31)26-28-14-15-29(26)23(17-30)11-4-19-2-5-20(6-3-19)21-7-9-22(10-8-21)24-16-27-13-12-25(24)32/h2-11,14-15,18,23-25,30-32H,12-13,16-17H2,1H3/q-1/b11-4+/t18-,23-,24?,25+/m0/s1. The van der Waals surface area contributed by atoms with Crippen LogP contribution in [0, 0.1) is 0 Å². The van der Waals surface area contributed by atoms with Crippen molar-refractivity contribution in [3.63, 3.8) is 0 Å². The number of aliphatic hydroxyl groups is 3. The first-order valence-corrected chi connectivity index (χ1v) is 14.0. The van der Waals surface area contributed by atoms with Crippen molar-refractivity contribution in [2.75, 3.05) is 15.5 Å². The molecule has 1 fully saturated rings. The fourth-order valence-electron chi connectivity index (χ4n) is 4.10. The van der Waals surface area contributed by atoms with E-state index in [1.54, 1.807) is 23.9 Å². The number of hydrogen-bond acceptors (Lipinski definition) is 4. The Morgan fingerprint density at radius 1 is 1.12 bits per heavy atom. The van der Waals surface area contributed by atoms with Gasteiger partial charge in [0.25, 0.3) is 0 Å². The van der Waals surface area contributed by atoms with Crippen LogP contribution >= 0.6 is 0 Å². The summed E-state index contributed by atoms with van der Waals surface area (Å²) in [5.41, 5.74) is 4.61. The van der Waals surface area contributed by atoms with Gasteiger partial charge < -0.3 is 14.8 Å². The molecule has 1 aliphatic heterocycles. The molecule has 0 radical (unpaired) electrons. The molecule has 1 aliphatic rings. The van der Waals surface area contributed by atoms with Crippen molar-refractivity contribution in [1.29, 1.82) is 0 Å². The molecular weight excluding hydrogens is 515 g/mol. The minimum atomic E-state index is -0.693. The molecule has 0 bridgehead atoms. The zero-order valence-electron chi connectivity index (χ0n) is 18.2. The summed E-state index contributed by atoms with van der Waals surface area (Å²) in [7, 11) is 0. The summed E-state index contributed by atoms with van der Waals surface area (Å²) < 4.78 is 4.20. The predicted molar refractivity (Wildman–Crippen MR) is 123 cm³/mol. The molecular formula is C26H30IN2O3-. The number of hydrogen-bond donors (Lipinski definition) is 3. The maximum absolute atomic E-state index is 10.3. The van der Waals surface area contributed by atoms with Crippen LogP contribution in [0.4, 0.5) is 0 Å². The molecule has 0 saturated carbocycles. The van der Waals surface area contributed by atoms with Gasteiger partial charge in [-0.05, 0) is 6.92 Å². The van der Waals surface area contributed by atoms with Crippen LogP contribution in [0.3, 0.4) is 0 Å². The third kappa shape index (κ3) is 5.31. The fraction of sp³-hybridized carbons (Fsp3) is 0.346. The molecule has 4 atom stereocenters. The number of nitrogens with zero attached hydrogens (tertiary/aromatic N) is 2. The van der Waals surface area contributed by atoms with Gasteiger partial charge in [0.1, 0.15) is 11.9 Å². The molecule has 0 spiro atoms. The Kier molecular flexibility index (Phi) is 7.78. The van der Waals surface area contributed by atoms with Crippen LogP contribution in [0.5, 0.6) is 0 Å². The topological polar surface area (TPSA) is 78.5 Å². The van der Waals surface area contributed by atoms with Crippen molar-refractivity contribution in [2.45, 2.75) is 37.5 Å². The first kappa shape index (κ1) is 23.2. The SMILES string of the molecule is C[C@H](O)c1nccn1[C@@H](/C=C/c1ccc(-c2ccc(C3C[I-]CC[C@H]3O)cc2)cc1)CO. The number of halogens is 1. The quantitative estimate of drug-likeness (QED) is 0.303. The molecule has 1 saturated heterocycles. The molecule has 32 heavy (non-hydrogen) atoms. The summed E-state index contributed by atoms with van der Waals surface area (Å²) in [4.78, 5) is 4.18. The van der Waals surface area contributed by atoms with Gasteiger partial charge in [0.2, 0.25) is 0 Å². The van der Waals surface area contributed by atoms with Gasteiger partial charge in [0, 0.05) is 12.4 Å². The largest absolute Gasteiger partial charge is 0.394 e. The van der Waals surface area contributed by atoms with E-state index >= 15 is 0 Å².